The van der Waals surface area contributed by atoms with Gasteiger partial charge in [0.2, 0.25) is 0 Å². The lowest BCUT2D eigenvalue weighted by molar-refractivity contribution is 0.370. The number of nitrogens with zero attached hydrogens (tertiary/aromatic N) is 2. The summed E-state index contributed by atoms with van der Waals surface area (Å²) in [6, 6.07) is 7.95. The highest BCUT2D eigenvalue weighted by molar-refractivity contribution is 5.35. The average molecular weight is 283 g/mol. The molecular weight excluding hydrogens is 262 g/mol. The zero-order valence-electron chi connectivity index (χ0n) is 12.4. The predicted octanol–water partition coefficient (Wildman–Crippen LogP) is 3.12. The molecule has 2 heterocycles. The van der Waals surface area contributed by atoms with Crippen LogP contribution in [0.3, 0.4) is 0 Å². The Bertz CT molecular complexity index is 577. The summed E-state index contributed by atoms with van der Waals surface area (Å²) in [5.41, 5.74) is 1.11. The van der Waals surface area contributed by atoms with E-state index in [2.05, 4.69) is 15.3 Å². The maximum Gasteiger partial charge on any atom is 0.164 e. The Kier molecular flexibility index (Phi) is 4.46. The van der Waals surface area contributed by atoms with Gasteiger partial charge in [-0.25, -0.2) is 9.97 Å². The predicted molar refractivity (Wildman–Crippen MR) is 82.6 cm³/mol. The molecule has 4 nitrogen and oxygen atoms in total. The van der Waals surface area contributed by atoms with Crippen LogP contribution >= 0.6 is 0 Å². The molecule has 1 aromatic carbocycles. The van der Waals surface area contributed by atoms with Crippen molar-refractivity contribution in [2.24, 2.45) is 5.92 Å². The topological polar surface area (TPSA) is 47.0 Å². The van der Waals surface area contributed by atoms with E-state index < -0.39 is 0 Å². The van der Waals surface area contributed by atoms with Crippen molar-refractivity contribution in [3.05, 3.63) is 48.0 Å². The summed E-state index contributed by atoms with van der Waals surface area (Å²) in [6.07, 6.45) is 6.99. The molecule has 110 valence electrons. The molecule has 3 rings (SSSR count). The van der Waals surface area contributed by atoms with Gasteiger partial charge in [-0.3, -0.25) is 0 Å². The van der Waals surface area contributed by atoms with Crippen LogP contribution in [-0.4, -0.2) is 23.1 Å². The first-order valence-electron chi connectivity index (χ1n) is 7.56. The summed E-state index contributed by atoms with van der Waals surface area (Å²) in [7, 11) is 0. The Morgan fingerprint density at radius 1 is 1.24 bits per heavy atom. The maximum absolute atomic E-state index is 5.82. The highest BCUT2D eigenvalue weighted by Crippen LogP contribution is 2.23. The molecule has 1 aliphatic heterocycles. The Morgan fingerprint density at radius 2 is 2.05 bits per heavy atom. The summed E-state index contributed by atoms with van der Waals surface area (Å²) in [5.74, 6) is 3.10. The van der Waals surface area contributed by atoms with Crippen molar-refractivity contribution < 1.29 is 4.74 Å². The molecule has 21 heavy (non-hydrogen) atoms. The molecule has 0 amide bonds. The number of rotatable bonds is 4. The second kappa shape index (κ2) is 6.68. The van der Waals surface area contributed by atoms with Crippen LogP contribution in [0, 0.1) is 12.8 Å². The van der Waals surface area contributed by atoms with Crippen molar-refractivity contribution in [2.45, 2.75) is 26.2 Å². The van der Waals surface area contributed by atoms with Crippen molar-refractivity contribution in [2.75, 3.05) is 13.1 Å². The third kappa shape index (κ3) is 3.79. The van der Waals surface area contributed by atoms with E-state index in [4.69, 9.17) is 4.74 Å². The number of aryl methyl sites for hydroxylation is 1. The Labute approximate surface area is 125 Å². The first-order chi connectivity index (χ1) is 10.3. The normalized spacial score (nSPS) is 18.4. The molecule has 1 aliphatic rings. The van der Waals surface area contributed by atoms with Crippen LogP contribution in [-0.2, 0) is 6.42 Å². The minimum atomic E-state index is 0.655. The van der Waals surface area contributed by atoms with Crippen LogP contribution in [0.25, 0.3) is 0 Å². The van der Waals surface area contributed by atoms with E-state index in [1.165, 1.54) is 12.8 Å². The van der Waals surface area contributed by atoms with Gasteiger partial charge in [-0.2, -0.15) is 0 Å². The highest BCUT2D eigenvalue weighted by atomic mass is 16.5. The molecule has 1 saturated heterocycles. The van der Waals surface area contributed by atoms with Gasteiger partial charge in [-0.1, -0.05) is 18.2 Å². The monoisotopic (exact) mass is 283 g/mol. The van der Waals surface area contributed by atoms with Gasteiger partial charge in [0.25, 0.3) is 0 Å². The van der Waals surface area contributed by atoms with Gasteiger partial charge >= 0.3 is 0 Å². The summed E-state index contributed by atoms with van der Waals surface area (Å²) in [6.45, 7) is 4.24. The number of benzene rings is 1. The van der Waals surface area contributed by atoms with Crippen LogP contribution in [0.4, 0.5) is 0 Å². The van der Waals surface area contributed by atoms with Gasteiger partial charge in [0.05, 0.1) is 12.4 Å². The van der Waals surface area contributed by atoms with E-state index in [1.807, 2.05) is 31.2 Å². The zero-order valence-corrected chi connectivity index (χ0v) is 12.4. The number of ether oxygens (including phenoxy) is 1. The highest BCUT2D eigenvalue weighted by Gasteiger charge is 2.14. The van der Waals surface area contributed by atoms with Crippen LogP contribution in [0.2, 0.25) is 0 Å². The molecular formula is C17H21N3O. The summed E-state index contributed by atoms with van der Waals surface area (Å²) >= 11 is 0. The van der Waals surface area contributed by atoms with E-state index >= 15 is 0 Å². The minimum Gasteiger partial charge on any atom is -0.454 e. The maximum atomic E-state index is 5.82. The van der Waals surface area contributed by atoms with E-state index in [-0.39, 0.29) is 0 Å². The van der Waals surface area contributed by atoms with Crippen molar-refractivity contribution in [3.8, 4) is 11.5 Å². The third-order valence-corrected chi connectivity index (χ3v) is 3.87. The molecule has 1 atom stereocenters. The SMILES string of the molecule is Cc1ccccc1Oc1cnc(CC2CCCNC2)nc1. The number of para-hydroxylation sites is 1. The molecule has 1 aromatic heterocycles. The van der Waals surface area contributed by atoms with E-state index in [0.717, 1.165) is 36.6 Å². The van der Waals surface area contributed by atoms with E-state index in [0.29, 0.717) is 11.7 Å². The standard InChI is InChI=1S/C17H21N3O/c1-13-5-2-3-7-16(13)21-15-11-19-17(20-12-15)9-14-6-4-8-18-10-14/h2-3,5,7,11-12,14,18H,4,6,8-10H2,1H3. The second-order valence-electron chi connectivity index (χ2n) is 5.62. The molecule has 1 unspecified atom stereocenters. The molecule has 0 spiro atoms. The summed E-state index contributed by atoms with van der Waals surface area (Å²) in [5, 5.41) is 3.43. The summed E-state index contributed by atoms with van der Waals surface area (Å²) < 4.78 is 5.82. The van der Waals surface area contributed by atoms with Crippen molar-refractivity contribution in [1.82, 2.24) is 15.3 Å². The lowest BCUT2D eigenvalue weighted by Gasteiger charge is -2.21. The zero-order chi connectivity index (χ0) is 14.5. The molecule has 0 saturated carbocycles. The fourth-order valence-corrected chi connectivity index (χ4v) is 2.66. The number of piperidine rings is 1. The van der Waals surface area contributed by atoms with Crippen molar-refractivity contribution in [3.63, 3.8) is 0 Å². The fraction of sp³-hybridized carbons (Fsp3) is 0.412. The second-order valence-corrected chi connectivity index (χ2v) is 5.62. The molecule has 1 N–H and O–H groups in total. The van der Waals surface area contributed by atoms with Gasteiger partial charge in [0.15, 0.2) is 5.75 Å². The van der Waals surface area contributed by atoms with E-state index in [9.17, 15) is 0 Å². The van der Waals surface area contributed by atoms with Crippen molar-refractivity contribution in [1.29, 1.82) is 0 Å². The van der Waals surface area contributed by atoms with Gasteiger partial charge in [-0.15, -0.1) is 0 Å². The van der Waals surface area contributed by atoms with Crippen molar-refractivity contribution >= 4 is 0 Å². The lowest BCUT2D eigenvalue weighted by Crippen LogP contribution is -2.31. The number of nitrogens with one attached hydrogen (secondary N) is 1. The molecule has 0 aliphatic carbocycles. The smallest absolute Gasteiger partial charge is 0.164 e. The van der Waals surface area contributed by atoms with Gasteiger partial charge in [0, 0.05) is 6.42 Å². The Balaban J connectivity index is 1.62. The molecule has 2 aromatic rings. The van der Waals surface area contributed by atoms with Crippen LogP contribution in [0.1, 0.15) is 24.2 Å². The third-order valence-electron chi connectivity index (χ3n) is 3.87. The lowest BCUT2D eigenvalue weighted by atomic mass is 9.96. The Morgan fingerprint density at radius 3 is 2.76 bits per heavy atom. The molecule has 0 radical (unpaired) electrons. The molecule has 1 fully saturated rings. The largest absolute Gasteiger partial charge is 0.454 e. The van der Waals surface area contributed by atoms with Crippen LogP contribution < -0.4 is 10.1 Å². The average Bonchev–Trinajstić information content (AvgIpc) is 2.52. The fourth-order valence-electron chi connectivity index (χ4n) is 2.66. The molecule has 4 heteroatoms. The molecule has 0 bridgehead atoms. The van der Waals surface area contributed by atoms with Crippen LogP contribution in [0.5, 0.6) is 11.5 Å². The first kappa shape index (κ1) is 14.0. The Hall–Kier alpha value is -1.94. The van der Waals surface area contributed by atoms with Crippen LogP contribution in [0.15, 0.2) is 36.7 Å². The number of aromatic nitrogens is 2. The first-order valence-corrected chi connectivity index (χ1v) is 7.56. The quantitative estimate of drug-likeness (QED) is 0.936. The number of hydrogen-bond donors (Lipinski definition) is 1. The summed E-state index contributed by atoms with van der Waals surface area (Å²) in [4.78, 5) is 8.87. The van der Waals surface area contributed by atoms with E-state index in [1.54, 1.807) is 12.4 Å². The number of hydrogen-bond acceptors (Lipinski definition) is 4. The minimum absolute atomic E-state index is 0.655. The van der Waals surface area contributed by atoms with Gasteiger partial charge in [0.1, 0.15) is 11.6 Å². The van der Waals surface area contributed by atoms with Gasteiger partial charge < -0.3 is 10.1 Å². The van der Waals surface area contributed by atoms with Gasteiger partial charge in [-0.05, 0) is 50.4 Å².